The molecule has 110 valence electrons. The first-order valence-electron chi connectivity index (χ1n) is 5.71. The van der Waals surface area contributed by atoms with Gasteiger partial charge in [0, 0.05) is 25.0 Å². The van der Waals surface area contributed by atoms with Crippen molar-refractivity contribution in [3.05, 3.63) is 46.6 Å². The van der Waals surface area contributed by atoms with E-state index in [1.807, 2.05) is 0 Å². The van der Waals surface area contributed by atoms with Crippen LogP contribution in [0.2, 0.25) is 0 Å². The third-order valence-corrected chi connectivity index (χ3v) is 3.93. The van der Waals surface area contributed by atoms with Crippen molar-refractivity contribution in [2.45, 2.75) is 4.90 Å². The van der Waals surface area contributed by atoms with Gasteiger partial charge in [0.25, 0.3) is 15.7 Å². The van der Waals surface area contributed by atoms with Gasteiger partial charge in [0.05, 0.1) is 4.92 Å². The SMILES string of the molecule is CNc1ccc([N+](=O)[O-])c(S(=O)(=O)Nc2cccnn2)c1. The molecule has 1 aromatic carbocycles. The predicted octanol–water partition coefficient (Wildman–Crippen LogP) is 1.23. The molecule has 2 aromatic rings. The third kappa shape index (κ3) is 3.23. The van der Waals surface area contributed by atoms with Crippen LogP contribution in [0.4, 0.5) is 17.2 Å². The summed E-state index contributed by atoms with van der Waals surface area (Å²) >= 11 is 0. The summed E-state index contributed by atoms with van der Waals surface area (Å²) in [6.07, 6.45) is 1.38. The van der Waals surface area contributed by atoms with Crippen LogP contribution in [0.3, 0.4) is 0 Å². The number of nitro groups is 1. The Morgan fingerprint density at radius 1 is 1.29 bits per heavy atom. The Labute approximate surface area is 120 Å². The molecular weight excluding hydrogens is 298 g/mol. The van der Waals surface area contributed by atoms with E-state index in [-0.39, 0.29) is 5.82 Å². The van der Waals surface area contributed by atoms with Crippen LogP contribution in [0.1, 0.15) is 0 Å². The normalized spacial score (nSPS) is 10.9. The highest BCUT2D eigenvalue weighted by Crippen LogP contribution is 2.28. The number of rotatable bonds is 5. The molecule has 0 amide bonds. The summed E-state index contributed by atoms with van der Waals surface area (Å²) in [5.74, 6) is -0.0262. The fourth-order valence-corrected chi connectivity index (χ4v) is 2.78. The molecule has 1 aromatic heterocycles. The first kappa shape index (κ1) is 14.7. The van der Waals surface area contributed by atoms with Gasteiger partial charge in [0.15, 0.2) is 10.7 Å². The lowest BCUT2D eigenvalue weighted by Crippen LogP contribution is -2.16. The van der Waals surface area contributed by atoms with Crippen LogP contribution < -0.4 is 10.0 Å². The van der Waals surface area contributed by atoms with E-state index in [9.17, 15) is 18.5 Å². The maximum Gasteiger partial charge on any atom is 0.290 e. The molecule has 0 atom stereocenters. The standard InChI is InChI=1S/C11H11N5O4S/c1-12-8-4-5-9(16(17)18)10(7-8)21(19,20)15-11-3-2-6-13-14-11/h2-7,12H,1H3,(H,14,15). The predicted molar refractivity (Wildman–Crippen MR) is 75.5 cm³/mol. The second kappa shape index (κ2) is 5.71. The van der Waals surface area contributed by atoms with E-state index in [1.54, 1.807) is 7.05 Å². The van der Waals surface area contributed by atoms with Gasteiger partial charge in [-0.05, 0) is 24.3 Å². The largest absolute Gasteiger partial charge is 0.388 e. The maximum absolute atomic E-state index is 12.3. The molecule has 1 heterocycles. The third-order valence-electron chi connectivity index (χ3n) is 2.55. The van der Waals surface area contributed by atoms with Crippen molar-refractivity contribution >= 4 is 27.2 Å². The van der Waals surface area contributed by atoms with E-state index in [0.717, 1.165) is 6.07 Å². The van der Waals surface area contributed by atoms with Crippen molar-refractivity contribution in [1.82, 2.24) is 10.2 Å². The zero-order valence-electron chi connectivity index (χ0n) is 10.8. The van der Waals surface area contributed by atoms with Gasteiger partial charge in [0.2, 0.25) is 0 Å². The number of hydrogen-bond acceptors (Lipinski definition) is 7. The minimum atomic E-state index is -4.16. The topological polar surface area (TPSA) is 127 Å². The molecule has 0 unspecified atom stereocenters. The Morgan fingerprint density at radius 2 is 2.05 bits per heavy atom. The first-order valence-corrected chi connectivity index (χ1v) is 7.19. The van der Waals surface area contributed by atoms with E-state index < -0.39 is 25.5 Å². The summed E-state index contributed by atoms with van der Waals surface area (Å²) in [5.41, 5.74) is -0.0921. The number of nitrogens with one attached hydrogen (secondary N) is 2. The van der Waals surface area contributed by atoms with Crippen molar-refractivity contribution in [1.29, 1.82) is 0 Å². The number of nitro benzene ring substituents is 1. The van der Waals surface area contributed by atoms with E-state index in [4.69, 9.17) is 0 Å². The Bertz CT molecular complexity index is 763. The van der Waals surface area contributed by atoms with Gasteiger partial charge in [0.1, 0.15) is 0 Å². The van der Waals surface area contributed by atoms with Gasteiger partial charge in [-0.15, -0.1) is 5.10 Å². The highest BCUT2D eigenvalue weighted by molar-refractivity contribution is 7.92. The molecule has 0 saturated carbocycles. The summed E-state index contributed by atoms with van der Waals surface area (Å²) in [6.45, 7) is 0. The van der Waals surface area contributed by atoms with Gasteiger partial charge in [-0.2, -0.15) is 5.10 Å². The second-order valence-corrected chi connectivity index (χ2v) is 5.55. The summed E-state index contributed by atoms with van der Waals surface area (Å²) in [6, 6.07) is 6.59. The molecule has 0 aliphatic heterocycles. The average Bonchev–Trinajstić information content (AvgIpc) is 2.47. The molecular formula is C11H11N5O4S. The van der Waals surface area contributed by atoms with Crippen LogP contribution in [0.5, 0.6) is 0 Å². The van der Waals surface area contributed by atoms with Crippen LogP contribution >= 0.6 is 0 Å². The number of hydrogen-bond donors (Lipinski definition) is 2. The van der Waals surface area contributed by atoms with Crippen molar-refractivity contribution in [2.24, 2.45) is 0 Å². The molecule has 0 aliphatic rings. The van der Waals surface area contributed by atoms with Crippen LogP contribution in [-0.2, 0) is 10.0 Å². The van der Waals surface area contributed by atoms with Gasteiger partial charge < -0.3 is 5.32 Å². The fourth-order valence-electron chi connectivity index (χ4n) is 1.58. The van der Waals surface area contributed by atoms with E-state index in [1.165, 1.54) is 30.5 Å². The number of nitrogens with zero attached hydrogens (tertiary/aromatic N) is 3. The van der Waals surface area contributed by atoms with Crippen molar-refractivity contribution in [2.75, 3.05) is 17.1 Å². The van der Waals surface area contributed by atoms with Crippen LogP contribution in [-0.4, -0.2) is 30.6 Å². The van der Waals surface area contributed by atoms with Gasteiger partial charge in [-0.25, -0.2) is 8.42 Å². The zero-order chi connectivity index (χ0) is 15.5. The second-order valence-electron chi connectivity index (χ2n) is 3.90. The smallest absolute Gasteiger partial charge is 0.290 e. The first-order chi connectivity index (χ1) is 9.94. The molecule has 0 bridgehead atoms. The lowest BCUT2D eigenvalue weighted by Gasteiger charge is -2.08. The van der Waals surface area contributed by atoms with E-state index in [0.29, 0.717) is 5.69 Å². The Kier molecular flexibility index (Phi) is 3.98. The monoisotopic (exact) mass is 309 g/mol. The molecule has 2 rings (SSSR count). The molecule has 21 heavy (non-hydrogen) atoms. The summed E-state index contributed by atoms with van der Waals surface area (Å²) in [4.78, 5) is 9.77. The average molecular weight is 309 g/mol. The van der Waals surface area contributed by atoms with E-state index in [2.05, 4.69) is 20.2 Å². The quantitative estimate of drug-likeness (QED) is 0.628. The van der Waals surface area contributed by atoms with Gasteiger partial charge in [-0.1, -0.05) is 0 Å². The minimum absolute atomic E-state index is 0.0262. The lowest BCUT2D eigenvalue weighted by atomic mass is 10.3. The molecule has 9 nitrogen and oxygen atoms in total. The molecule has 2 N–H and O–H groups in total. The van der Waals surface area contributed by atoms with E-state index >= 15 is 0 Å². The number of anilines is 2. The van der Waals surface area contributed by atoms with Crippen LogP contribution in [0.15, 0.2) is 41.4 Å². The molecule has 0 saturated heterocycles. The molecule has 0 radical (unpaired) electrons. The van der Waals surface area contributed by atoms with Gasteiger partial charge in [-0.3, -0.25) is 14.8 Å². The number of aromatic nitrogens is 2. The van der Waals surface area contributed by atoms with Crippen LogP contribution in [0, 0.1) is 10.1 Å². The summed E-state index contributed by atoms with van der Waals surface area (Å²) < 4.78 is 26.7. The van der Waals surface area contributed by atoms with Gasteiger partial charge >= 0.3 is 0 Å². The highest BCUT2D eigenvalue weighted by Gasteiger charge is 2.26. The molecule has 0 spiro atoms. The minimum Gasteiger partial charge on any atom is -0.388 e. The Morgan fingerprint density at radius 3 is 2.62 bits per heavy atom. The number of sulfonamides is 1. The summed E-state index contributed by atoms with van der Waals surface area (Å²) in [5, 5.41) is 20.8. The highest BCUT2D eigenvalue weighted by atomic mass is 32.2. The Balaban J connectivity index is 2.50. The zero-order valence-corrected chi connectivity index (χ0v) is 11.7. The van der Waals surface area contributed by atoms with Crippen molar-refractivity contribution < 1.29 is 13.3 Å². The number of benzene rings is 1. The van der Waals surface area contributed by atoms with Crippen molar-refractivity contribution in [3.63, 3.8) is 0 Å². The fraction of sp³-hybridized carbons (Fsp3) is 0.0909. The molecule has 0 aliphatic carbocycles. The molecule has 0 fully saturated rings. The summed E-state index contributed by atoms with van der Waals surface area (Å²) in [7, 11) is -2.58. The molecule has 10 heteroatoms. The van der Waals surface area contributed by atoms with Crippen molar-refractivity contribution in [3.8, 4) is 0 Å². The van der Waals surface area contributed by atoms with Crippen LogP contribution in [0.25, 0.3) is 0 Å². The lowest BCUT2D eigenvalue weighted by molar-refractivity contribution is -0.387. The maximum atomic E-state index is 12.3. The Hall–Kier alpha value is -2.75.